The summed E-state index contributed by atoms with van der Waals surface area (Å²) in [5, 5.41) is 4.45. The van der Waals surface area contributed by atoms with Gasteiger partial charge in [-0.15, -0.1) is 0 Å². The Balaban J connectivity index is 1.91. The van der Waals surface area contributed by atoms with Gasteiger partial charge >= 0.3 is 0 Å². The lowest BCUT2D eigenvalue weighted by molar-refractivity contribution is 0.757. The fraction of sp³-hybridized carbons (Fsp3) is 0.571. The number of nitrogen functional groups attached to an aromatic ring is 1. The first-order valence-electron chi connectivity index (χ1n) is 6.43. The quantitative estimate of drug-likeness (QED) is 0.801. The third-order valence-corrected chi connectivity index (χ3v) is 4.67. The van der Waals surface area contributed by atoms with Crippen molar-refractivity contribution in [3.63, 3.8) is 0 Å². The van der Waals surface area contributed by atoms with Crippen molar-refractivity contribution in [1.29, 1.82) is 0 Å². The average Bonchev–Trinajstić information content (AvgIpc) is 2.72. The van der Waals surface area contributed by atoms with Gasteiger partial charge in [0.05, 0.1) is 0 Å². The second-order valence-corrected chi connectivity index (χ2v) is 6.38. The van der Waals surface area contributed by atoms with E-state index in [0.29, 0.717) is 6.04 Å². The molecule has 2 unspecified atom stereocenters. The van der Waals surface area contributed by atoms with E-state index in [-0.39, 0.29) is 0 Å². The molecule has 2 atom stereocenters. The van der Waals surface area contributed by atoms with Crippen LogP contribution in [-0.2, 0) is 0 Å². The molecule has 94 valence electrons. The molecule has 0 aliphatic heterocycles. The minimum Gasteiger partial charge on any atom is -0.398 e. The van der Waals surface area contributed by atoms with E-state index in [1.807, 2.05) is 6.92 Å². The van der Waals surface area contributed by atoms with Gasteiger partial charge in [-0.05, 0) is 49.6 Å². The zero-order valence-electron chi connectivity index (χ0n) is 10.7. The lowest BCUT2D eigenvalue weighted by atomic mass is 10.1. The van der Waals surface area contributed by atoms with Crippen LogP contribution in [0.25, 0.3) is 0 Å². The molecule has 0 amide bonds. The van der Waals surface area contributed by atoms with Gasteiger partial charge in [-0.25, -0.2) is 0 Å². The van der Waals surface area contributed by atoms with Crippen molar-refractivity contribution >= 4 is 23.1 Å². The molecule has 0 saturated heterocycles. The van der Waals surface area contributed by atoms with Crippen LogP contribution >= 0.6 is 11.8 Å². The molecular weight excluding hydrogens is 228 g/mol. The normalized spacial score (nSPS) is 23.9. The third kappa shape index (κ3) is 3.32. The molecule has 3 N–H and O–H groups in total. The smallest absolute Gasteiger partial charge is 0.0364 e. The number of hydrogen-bond donors (Lipinski definition) is 2. The topological polar surface area (TPSA) is 38.0 Å². The molecule has 1 aliphatic rings. The summed E-state index contributed by atoms with van der Waals surface area (Å²) in [5.74, 6) is 1.23. The van der Waals surface area contributed by atoms with Gasteiger partial charge in [-0.2, -0.15) is 11.8 Å². The van der Waals surface area contributed by atoms with E-state index < -0.39 is 0 Å². The second-order valence-electron chi connectivity index (χ2n) is 4.80. The van der Waals surface area contributed by atoms with E-state index in [2.05, 4.69) is 42.2 Å². The van der Waals surface area contributed by atoms with Crippen LogP contribution in [0.2, 0.25) is 0 Å². The van der Waals surface area contributed by atoms with Gasteiger partial charge in [0.25, 0.3) is 0 Å². The van der Waals surface area contributed by atoms with Crippen LogP contribution in [0.3, 0.4) is 0 Å². The van der Waals surface area contributed by atoms with E-state index in [1.54, 1.807) is 0 Å². The van der Waals surface area contributed by atoms with Crippen molar-refractivity contribution in [1.82, 2.24) is 0 Å². The van der Waals surface area contributed by atoms with Gasteiger partial charge in [0.2, 0.25) is 0 Å². The van der Waals surface area contributed by atoms with Gasteiger partial charge in [0, 0.05) is 22.7 Å². The molecule has 1 aromatic rings. The number of benzene rings is 1. The van der Waals surface area contributed by atoms with Crippen molar-refractivity contribution in [2.24, 2.45) is 0 Å². The van der Waals surface area contributed by atoms with Crippen molar-refractivity contribution in [3.8, 4) is 0 Å². The molecule has 3 heteroatoms. The molecule has 0 heterocycles. The Morgan fingerprint density at radius 3 is 2.94 bits per heavy atom. The summed E-state index contributed by atoms with van der Waals surface area (Å²) in [6.45, 7) is 4.29. The summed E-state index contributed by atoms with van der Waals surface area (Å²) < 4.78 is 0. The van der Waals surface area contributed by atoms with Crippen molar-refractivity contribution in [2.75, 3.05) is 16.8 Å². The largest absolute Gasteiger partial charge is 0.398 e. The van der Waals surface area contributed by atoms with Gasteiger partial charge in [-0.3, -0.25) is 0 Å². The van der Waals surface area contributed by atoms with Gasteiger partial charge in [0.15, 0.2) is 0 Å². The Hall–Kier alpha value is -0.830. The summed E-state index contributed by atoms with van der Waals surface area (Å²) in [6, 6.07) is 6.90. The van der Waals surface area contributed by atoms with Crippen LogP contribution in [0.1, 0.15) is 31.7 Å². The predicted molar refractivity (Wildman–Crippen MR) is 78.8 cm³/mol. The maximum absolute atomic E-state index is 5.93. The lowest BCUT2D eigenvalue weighted by Gasteiger charge is -2.15. The van der Waals surface area contributed by atoms with E-state index in [4.69, 9.17) is 5.73 Å². The van der Waals surface area contributed by atoms with E-state index in [1.165, 1.54) is 30.7 Å². The Kier molecular flexibility index (Phi) is 4.21. The number of rotatable bonds is 4. The third-order valence-electron chi connectivity index (χ3n) is 3.44. The van der Waals surface area contributed by atoms with Crippen LogP contribution in [0.15, 0.2) is 18.2 Å². The minimum absolute atomic E-state index is 0.626. The fourth-order valence-corrected chi connectivity index (χ4v) is 3.57. The number of nitrogens with two attached hydrogens (primary N) is 1. The molecule has 2 rings (SSSR count). The van der Waals surface area contributed by atoms with Crippen molar-refractivity contribution in [2.45, 2.75) is 44.4 Å². The Morgan fingerprint density at radius 2 is 2.24 bits per heavy atom. The molecule has 0 bridgehead atoms. The van der Waals surface area contributed by atoms with Crippen LogP contribution in [0.4, 0.5) is 11.4 Å². The molecule has 17 heavy (non-hydrogen) atoms. The summed E-state index contributed by atoms with van der Waals surface area (Å²) in [5.41, 5.74) is 9.13. The van der Waals surface area contributed by atoms with Crippen LogP contribution < -0.4 is 11.1 Å². The molecule has 2 nitrogen and oxygen atoms in total. The lowest BCUT2D eigenvalue weighted by Crippen LogP contribution is -2.16. The molecule has 1 aliphatic carbocycles. The molecule has 1 fully saturated rings. The summed E-state index contributed by atoms with van der Waals surface area (Å²) in [4.78, 5) is 0. The van der Waals surface area contributed by atoms with Crippen LogP contribution in [-0.4, -0.2) is 17.0 Å². The van der Waals surface area contributed by atoms with Gasteiger partial charge < -0.3 is 11.1 Å². The fourth-order valence-electron chi connectivity index (χ4n) is 2.42. The van der Waals surface area contributed by atoms with Crippen LogP contribution in [0, 0.1) is 6.92 Å². The number of hydrogen-bond acceptors (Lipinski definition) is 3. The van der Waals surface area contributed by atoms with E-state index in [0.717, 1.165) is 16.5 Å². The summed E-state index contributed by atoms with van der Waals surface area (Å²) >= 11 is 2.09. The van der Waals surface area contributed by atoms with Crippen molar-refractivity contribution in [3.05, 3.63) is 23.8 Å². The standard InChI is InChI=1S/C14H22N2S/c1-3-17-13-7-6-11(8-13)16-12-5-4-10(2)14(15)9-12/h4-5,9,11,13,16H,3,6-8,15H2,1-2H3. The summed E-state index contributed by atoms with van der Waals surface area (Å²) in [6.07, 6.45) is 3.91. The Labute approximate surface area is 108 Å². The average molecular weight is 250 g/mol. The predicted octanol–water partition coefficient (Wildman–Crippen LogP) is 3.66. The zero-order chi connectivity index (χ0) is 12.3. The van der Waals surface area contributed by atoms with Gasteiger partial charge in [-0.1, -0.05) is 13.0 Å². The first-order chi connectivity index (χ1) is 8.19. The maximum Gasteiger partial charge on any atom is 0.0364 e. The number of aryl methyl sites for hydroxylation is 1. The molecular formula is C14H22N2S. The highest BCUT2D eigenvalue weighted by Gasteiger charge is 2.24. The SMILES string of the molecule is CCSC1CCC(Nc2ccc(C)c(N)c2)C1. The number of anilines is 2. The Bertz CT molecular complexity index is 378. The highest BCUT2D eigenvalue weighted by Crippen LogP contribution is 2.31. The monoisotopic (exact) mass is 250 g/mol. The first-order valence-corrected chi connectivity index (χ1v) is 7.48. The zero-order valence-corrected chi connectivity index (χ0v) is 11.5. The number of thioether (sulfide) groups is 1. The maximum atomic E-state index is 5.93. The minimum atomic E-state index is 0.626. The molecule has 0 radical (unpaired) electrons. The molecule has 1 aromatic carbocycles. The molecule has 0 aromatic heterocycles. The van der Waals surface area contributed by atoms with E-state index in [9.17, 15) is 0 Å². The highest BCUT2D eigenvalue weighted by molar-refractivity contribution is 7.99. The highest BCUT2D eigenvalue weighted by atomic mass is 32.2. The number of nitrogens with one attached hydrogen (secondary N) is 1. The first kappa shape index (κ1) is 12.6. The van der Waals surface area contributed by atoms with E-state index >= 15 is 0 Å². The van der Waals surface area contributed by atoms with Gasteiger partial charge in [0.1, 0.15) is 0 Å². The summed E-state index contributed by atoms with van der Waals surface area (Å²) in [7, 11) is 0. The van der Waals surface area contributed by atoms with Crippen molar-refractivity contribution < 1.29 is 0 Å². The second kappa shape index (κ2) is 5.67. The molecule has 0 spiro atoms. The Morgan fingerprint density at radius 1 is 1.41 bits per heavy atom. The molecule has 1 saturated carbocycles. The van der Waals surface area contributed by atoms with Crippen LogP contribution in [0.5, 0.6) is 0 Å².